The molecule has 1 spiro atoms. The van der Waals surface area contributed by atoms with Gasteiger partial charge in [-0.15, -0.1) is 0 Å². The van der Waals surface area contributed by atoms with Crippen molar-refractivity contribution in [3.63, 3.8) is 0 Å². The number of rotatable bonds is 3. The lowest BCUT2D eigenvalue weighted by atomic mass is 9.33. The SMILES string of the molecule is CC(C)(C)c1ccc(N(c2ccc(C(C)(C)C)cc2)c2cc3c4c(c2)N2c5ccccc5[Si]5(c6ccccc6-c6ccccc65)c5cccc(c52)B4c2cccc4c2N3c2ccccc2[Si]4(C)C)cc1. The average molecular weight is 934 g/mol. The highest BCUT2D eigenvalue weighted by Crippen LogP contribution is 2.50. The molecule has 5 aliphatic heterocycles. The normalized spacial score (nSPS) is 15.6. The van der Waals surface area contributed by atoms with E-state index in [0.717, 1.165) is 17.1 Å². The highest BCUT2D eigenvalue weighted by atomic mass is 28.3. The number of anilines is 9. The number of para-hydroxylation sites is 4. The molecule has 338 valence electrons. The highest BCUT2D eigenvalue weighted by molar-refractivity contribution is 7.24. The van der Waals surface area contributed by atoms with E-state index in [1.165, 1.54) is 104 Å². The van der Waals surface area contributed by atoms with Gasteiger partial charge >= 0.3 is 0 Å². The molecule has 0 unspecified atom stereocenters. The number of hydrogen-bond donors (Lipinski definition) is 0. The van der Waals surface area contributed by atoms with Gasteiger partial charge in [0.25, 0.3) is 6.71 Å². The topological polar surface area (TPSA) is 9.72 Å². The van der Waals surface area contributed by atoms with Crippen LogP contribution in [0.2, 0.25) is 13.1 Å². The molecule has 0 atom stereocenters. The van der Waals surface area contributed by atoms with Gasteiger partial charge in [0.1, 0.15) is 8.07 Å². The number of hydrogen-bond acceptors (Lipinski definition) is 3. The Morgan fingerprint density at radius 2 is 0.800 bits per heavy atom. The average Bonchev–Trinajstić information content (AvgIpc) is 3.66. The van der Waals surface area contributed by atoms with Gasteiger partial charge in [-0.2, -0.15) is 0 Å². The lowest BCUT2D eigenvalue weighted by molar-refractivity contribution is 0.590. The van der Waals surface area contributed by atoms with Gasteiger partial charge in [0.15, 0.2) is 8.07 Å². The molecule has 3 nitrogen and oxygen atoms in total. The molecule has 0 saturated carbocycles. The van der Waals surface area contributed by atoms with Gasteiger partial charge in [-0.3, -0.25) is 0 Å². The molecule has 0 saturated heterocycles. The second-order valence-electron chi connectivity index (χ2n) is 22.9. The van der Waals surface area contributed by atoms with E-state index >= 15 is 0 Å². The van der Waals surface area contributed by atoms with Crippen LogP contribution in [0.1, 0.15) is 52.7 Å². The van der Waals surface area contributed by atoms with Crippen molar-refractivity contribution < 1.29 is 0 Å². The molecule has 0 amide bonds. The van der Waals surface area contributed by atoms with Gasteiger partial charge in [-0.1, -0.05) is 200 Å². The largest absolute Gasteiger partial charge is 0.312 e. The second kappa shape index (κ2) is 14.2. The van der Waals surface area contributed by atoms with E-state index in [1.54, 1.807) is 0 Å². The molecule has 9 aromatic carbocycles. The first kappa shape index (κ1) is 41.8. The Hall–Kier alpha value is -7.12. The molecule has 0 bridgehead atoms. The van der Waals surface area contributed by atoms with E-state index in [-0.39, 0.29) is 17.5 Å². The van der Waals surface area contributed by atoms with Gasteiger partial charge in [0.05, 0.1) is 5.69 Å². The van der Waals surface area contributed by atoms with Crippen LogP contribution in [-0.4, -0.2) is 22.9 Å². The second-order valence-corrected chi connectivity index (χ2v) is 30.9. The predicted octanol–water partition coefficient (Wildman–Crippen LogP) is 10.6. The van der Waals surface area contributed by atoms with E-state index in [2.05, 4.69) is 263 Å². The van der Waals surface area contributed by atoms with E-state index in [9.17, 15) is 0 Å². The van der Waals surface area contributed by atoms with Crippen molar-refractivity contribution in [2.75, 3.05) is 14.7 Å². The summed E-state index contributed by atoms with van der Waals surface area (Å²) >= 11 is 0. The van der Waals surface area contributed by atoms with E-state index < -0.39 is 16.1 Å². The summed E-state index contributed by atoms with van der Waals surface area (Å²) in [6.45, 7) is 19.0. The lowest BCUT2D eigenvalue weighted by Crippen LogP contribution is -2.77. The molecule has 5 aliphatic rings. The smallest absolute Gasteiger partial charge is 0.252 e. The fraction of sp³-hybridized carbons (Fsp3) is 0.156. The summed E-state index contributed by atoms with van der Waals surface area (Å²) in [5.74, 6) is 0. The maximum Gasteiger partial charge on any atom is 0.252 e. The van der Waals surface area contributed by atoms with Gasteiger partial charge in [-0.25, -0.2) is 0 Å². The fourth-order valence-corrected chi connectivity index (χ4v) is 22.0. The molecule has 0 radical (unpaired) electrons. The molecule has 0 fully saturated rings. The minimum Gasteiger partial charge on any atom is -0.312 e. The molecule has 0 N–H and O–H groups in total. The van der Waals surface area contributed by atoms with E-state index in [0.29, 0.717) is 0 Å². The summed E-state index contributed by atoms with van der Waals surface area (Å²) in [5.41, 5.74) is 21.0. The third-order valence-electron chi connectivity index (χ3n) is 16.7. The molecular weight excluding hydrogens is 878 g/mol. The van der Waals surface area contributed by atoms with Crippen molar-refractivity contribution in [1.82, 2.24) is 0 Å². The maximum absolute atomic E-state index is 2.84. The predicted molar refractivity (Wildman–Crippen MR) is 305 cm³/mol. The van der Waals surface area contributed by atoms with E-state index in [1.807, 2.05) is 0 Å². The van der Waals surface area contributed by atoms with Crippen molar-refractivity contribution in [2.45, 2.75) is 65.5 Å². The summed E-state index contributed by atoms with van der Waals surface area (Å²) in [6.07, 6.45) is 0. The minimum atomic E-state index is -2.84. The number of nitrogens with zero attached hydrogens (tertiary/aromatic N) is 3. The van der Waals surface area contributed by atoms with Crippen LogP contribution in [0.5, 0.6) is 0 Å². The first-order chi connectivity index (χ1) is 33.8. The van der Waals surface area contributed by atoms with Crippen LogP contribution >= 0.6 is 0 Å². The van der Waals surface area contributed by atoms with Gasteiger partial charge < -0.3 is 14.7 Å². The monoisotopic (exact) mass is 933 g/mol. The van der Waals surface area contributed by atoms with Crippen molar-refractivity contribution in [3.8, 4) is 11.1 Å². The van der Waals surface area contributed by atoms with Crippen LogP contribution in [0.3, 0.4) is 0 Å². The summed E-state index contributed by atoms with van der Waals surface area (Å²) in [4.78, 5) is 7.93. The Labute approximate surface area is 415 Å². The van der Waals surface area contributed by atoms with Crippen LogP contribution in [0.15, 0.2) is 194 Å². The Morgan fingerprint density at radius 3 is 1.31 bits per heavy atom. The highest BCUT2D eigenvalue weighted by Gasteiger charge is 2.57. The van der Waals surface area contributed by atoms with E-state index in [4.69, 9.17) is 0 Å². The fourth-order valence-electron chi connectivity index (χ4n) is 13.5. The van der Waals surface area contributed by atoms with Crippen LogP contribution < -0.4 is 62.2 Å². The molecule has 70 heavy (non-hydrogen) atoms. The maximum atomic E-state index is 2.72. The molecule has 14 rings (SSSR count). The minimum absolute atomic E-state index is 0.0281. The quantitative estimate of drug-likeness (QED) is 0.164. The first-order valence-electron chi connectivity index (χ1n) is 25.2. The molecule has 0 aliphatic carbocycles. The zero-order chi connectivity index (χ0) is 47.6. The van der Waals surface area contributed by atoms with Crippen LogP contribution in [-0.2, 0) is 10.8 Å². The zero-order valence-corrected chi connectivity index (χ0v) is 43.4. The summed E-state index contributed by atoms with van der Waals surface area (Å²) in [5, 5.41) is 8.93. The lowest BCUT2D eigenvalue weighted by Gasteiger charge is -2.52. The van der Waals surface area contributed by atoms with Crippen LogP contribution in [0, 0.1) is 0 Å². The van der Waals surface area contributed by atoms with Crippen molar-refractivity contribution >= 4 is 122 Å². The third kappa shape index (κ3) is 5.41. The summed E-state index contributed by atoms with van der Waals surface area (Å²) in [7, 11) is -4.99. The molecule has 6 heteroatoms. The first-order valence-corrected chi connectivity index (χ1v) is 30.2. The van der Waals surface area contributed by atoms with Crippen molar-refractivity contribution in [1.29, 1.82) is 0 Å². The van der Waals surface area contributed by atoms with Gasteiger partial charge in [0, 0.05) is 45.5 Å². The summed E-state index contributed by atoms with van der Waals surface area (Å²) < 4.78 is 0. The number of benzene rings is 9. The van der Waals surface area contributed by atoms with Crippen molar-refractivity contribution in [3.05, 3.63) is 205 Å². The zero-order valence-electron chi connectivity index (χ0n) is 41.4. The van der Waals surface area contributed by atoms with Crippen molar-refractivity contribution in [2.24, 2.45) is 0 Å². The van der Waals surface area contributed by atoms with Crippen LogP contribution in [0.4, 0.5) is 51.2 Å². The molecule has 0 aromatic heterocycles. The third-order valence-corrected chi connectivity index (χ3v) is 25.2. The van der Waals surface area contributed by atoms with Crippen LogP contribution in [0.25, 0.3) is 11.1 Å². The number of fused-ring (bicyclic) bond motifs is 15. The Kier molecular flexibility index (Phi) is 8.51. The molecule has 5 heterocycles. The Bertz CT molecular complexity index is 3590. The van der Waals surface area contributed by atoms with Gasteiger partial charge in [-0.05, 0) is 129 Å². The molecule has 9 aromatic rings. The Balaban J connectivity index is 1.12. The summed E-state index contributed by atoms with van der Waals surface area (Å²) in [6, 6.07) is 76.0. The standard InChI is InChI=1S/C64H56BN3Si2/c1-63(2,3)41-31-35-43(36-32-41)66(44-37-33-42(34-38-44)64(4,5)6)45-39-52-60-53(40-45)68-51-24-12-16-28-57(51)70(54-25-13-9-19-46(54)47-20-10-14-26-55(47)70)59-30-18-22-49(62(59)68)65(60)48-21-17-29-58-61(48)67(52)50-23-11-15-27-56(50)69(58,7)8/h9-40H,1-8H3. The van der Waals surface area contributed by atoms with Gasteiger partial charge in [0.2, 0.25) is 0 Å². The Morgan fingerprint density at radius 1 is 0.386 bits per heavy atom. The molecular formula is C64H56BN3Si2.